The second kappa shape index (κ2) is 11.7. The molecule has 2 aliphatic heterocycles. The molecule has 10 nitrogen and oxygen atoms in total. The molecular formula is C26H35N3O7S. The van der Waals surface area contributed by atoms with Crippen molar-refractivity contribution in [2.24, 2.45) is 5.92 Å². The Labute approximate surface area is 218 Å². The third-order valence-electron chi connectivity index (χ3n) is 7.09. The van der Waals surface area contributed by atoms with Gasteiger partial charge in [-0.2, -0.15) is 12.7 Å². The highest BCUT2D eigenvalue weighted by molar-refractivity contribution is 7.87. The first-order valence-corrected chi connectivity index (χ1v) is 13.9. The lowest BCUT2D eigenvalue weighted by Crippen LogP contribution is -2.42. The number of carbonyl (C=O) groups is 1. The van der Waals surface area contributed by atoms with E-state index in [1.165, 1.54) is 4.31 Å². The highest BCUT2D eigenvalue weighted by Crippen LogP contribution is 2.47. The van der Waals surface area contributed by atoms with E-state index in [2.05, 4.69) is 4.72 Å². The Balaban J connectivity index is 1.59. The van der Waals surface area contributed by atoms with E-state index in [1.54, 1.807) is 14.2 Å². The largest absolute Gasteiger partial charge is 0.497 e. The van der Waals surface area contributed by atoms with Gasteiger partial charge < -0.3 is 19.3 Å². The number of fused-ring (bicyclic) bond motifs is 1. The van der Waals surface area contributed by atoms with Gasteiger partial charge >= 0.3 is 5.97 Å². The molecule has 4 rings (SSSR count). The number of hydrogen-bond donors (Lipinski definition) is 2. The van der Waals surface area contributed by atoms with Crippen LogP contribution in [0.15, 0.2) is 42.5 Å². The van der Waals surface area contributed by atoms with Crippen LogP contribution in [0, 0.1) is 5.92 Å². The number of aliphatic carboxylic acids is 1. The normalized spacial score (nSPS) is 21.5. The lowest BCUT2D eigenvalue weighted by Gasteiger charge is -2.28. The number of nitrogens with one attached hydrogen (secondary N) is 1. The molecule has 2 N–H and O–H groups in total. The second-order valence-corrected chi connectivity index (χ2v) is 11.2. The van der Waals surface area contributed by atoms with Crippen molar-refractivity contribution in [3.8, 4) is 17.2 Å². The molecule has 202 valence electrons. The van der Waals surface area contributed by atoms with Gasteiger partial charge in [-0.25, -0.2) is 4.72 Å². The Bertz CT molecular complexity index is 1190. The fourth-order valence-corrected chi connectivity index (χ4v) is 6.01. The number of benzene rings is 2. The molecule has 0 aliphatic carbocycles. The van der Waals surface area contributed by atoms with Crippen molar-refractivity contribution >= 4 is 16.2 Å². The van der Waals surface area contributed by atoms with E-state index in [0.717, 1.165) is 24.0 Å². The van der Waals surface area contributed by atoms with Gasteiger partial charge in [0.2, 0.25) is 6.79 Å². The molecular weight excluding hydrogens is 498 g/mol. The van der Waals surface area contributed by atoms with Crippen molar-refractivity contribution in [1.29, 1.82) is 0 Å². The van der Waals surface area contributed by atoms with Crippen LogP contribution in [0.2, 0.25) is 0 Å². The van der Waals surface area contributed by atoms with Gasteiger partial charge in [-0.05, 0) is 41.8 Å². The summed E-state index contributed by atoms with van der Waals surface area (Å²) in [5, 5.41) is 10.4. The van der Waals surface area contributed by atoms with Gasteiger partial charge in [0.1, 0.15) is 5.75 Å². The minimum Gasteiger partial charge on any atom is -0.497 e. The van der Waals surface area contributed by atoms with Crippen molar-refractivity contribution < 1.29 is 32.5 Å². The van der Waals surface area contributed by atoms with Crippen LogP contribution < -0.4 is 18.9 Å². The summed E-state index contributed by atoms with van der Waals surface area (Å²) in [6, 6.07) is 12.5. The van der Waals surface area contributed by atoms with Crippen molar-refractivity contribution in [3.63, 3.8) is 0 Å². The molecule has 0 aromatic heterocycles. The van der Waals surface area contributed by atoms with Crippen LogP contribution in [0.4, 0.5) is 0 Å². The van der Waals surface area contributed by atoms with E-state index in [9.17, 15) is 18.3 Å². The number of hydrogen-bond acceptors (Lipinski definition) is 7. The van der Waals surface area contributed by atoms with Crippen molar-refractivity contribution in [2.75, 3.05) is 47.1 Å². The Morgan fingerprint density at radius 3 is 2.54 bits per heavy atom. The summed E-state index contributed by atoms with van der Waals surface area (Å²) in [5.41, 5.74) is 1.68. The number of likely N-dealkylation sites (tertiary alicyclic amines) is 1. The molecule has 2 heterocycles. The summed E-state index contributed by atoms with van der Waals surface area (Å²) < 4.78 is 45.5. The zero-order valence-corrected chi connectivity index (χ0v) is 22.2. The molecule has 11 heteroatoms. The standard InChI is InChI=1S/C26H35N3O7S/c1-4-5-13-28(2)37(32,33)27-12-14-29-16-21(19-8-11-22-23(15-19)36-17-35-22)24(26(30)31)25(29)18-6-9-20(34-3)10-7-18/h6-11,15,21,24-25,27H,4-5,12-14,16-17H2,1-3H3,(H,30,31). The molecule has 2 aromatic rings. The predicted octanol–water partition coefficient (Wildman–Crippen LogP) is 2.83. The number of carboxylic acid groups (broad SMARTS) is 1. The number of unbranched alkanes of at least 4 members (excludes halogenated alkanes) is 1. The maximum atomic E-state index is 12.7. The van der Waals surface area contributed by atoms with E-state index >= 15 is 0 Å². The average molecular weight is 534 g/mol. The zero-order valence-electron chi connectivity index (χ0n) is 21.4. The first-order valence-electron chi connectivity index (χ1n) is 12.5. The average Bonchev–Trinajstić information content (AvgIpc) is 3.51. The smallest absolute Gasteiger partial charge is 0.309 e. The molecule has 0 saturated carbocycles. The summed E-state index contributed by atoms with van der Waals surface area (Å²) in [6.07, 6.45) is 1.68. The summed E-state index contributed by atoms with van der Waals surface area (Å²) in [6.45, 7) is 3.54. The minimum atomic E-state index is -3.62. The summed E-state index contributed by atoms with van der Waals surface area (Å²) in [7, 11) is -0.485. The maximum Gasteiger partial charge on any atom is 0.309 e. The van der Waals surface area contributed by atoms with Crippen LogP contribution in [0.1, 0.15) is 42.9 Å². The first-order chi connectivity index (χ1) is 17.7. The molecule has 0 spiro atoms. The Morgan fingerprint density at radius 2 is 1.86 bits per heavy atom. The van der Waals surface area contributed by atoms with Crippen LogP contribution in [0.5, 0.6) is 17.2 Å². The Kier molecular flexibility index (Phi) is 8.58. The van der Waals surface area contributed by atoms with Crippen molar-refractivity contribution in [2.45, 2.75) is 31.7 Å². The Hall–Kier alpha value is -2.86. The van der Waals surface area contributed by atoms with Crippen LogP contribution in [-0.2, 0) is 15.0 Å². The van der Waals surface area contributed by atoms with Gasteiger partial charge in [0.15, 0.2) is 11.5 Å². The zero-order chi connectivity index (χ0) is 26.6. The number of ether oxygens (including phenoxy) is 3. The highest BCUT2D eigenvalue weighted by atomic mass is 32.2. The van der Waals surface area contributed by atoms with E-state index in [1.807, 2.05) is 54.3 Å². The summed E-state index contributed by atoms with van der Waals surface area (Å²) in [5.74, 6) is -0.0792. The maximum absolute atomic E-state index is 12.7. The van der Waals surface area contributed by atoms with Crippen LogP contribution in [-0.4, -0.2) is 75.8 Å². The molecule has 3 atom stereocenters. The third-order valence-corrected chi connectivity index (χ3v) is 8.66. The number of methoxy groups -OCH3 is 1. The van der Waals surface area contributed by atoms with E-state index in [4.69, 9.17) is 14.2 Å². The number of nitrogens with zero attached hydrogens (tertiary/aromatic N) is 2. The van der Waals surface area contributed by atoms with Gasteiger partial charge in [0.05, 0.1) is 13.0 Å². The summed E-state index contributed by atoms with van der Waals surface area (Å²) >= 11 is 0. The molecule has 1 fully saturated rings. The fraction of sp³-hybridized carbons (Fsp3) is 0.500. The lowest BCUT2D eigenvalue weighted by molar-refractivity contribution is -0.143. The van der Waals surface area contributed by atoms with Crippen LogP contribution in [0.3, 0.4) is 0 Å². The molecule has 37 heavy (non-hydrogen) atoms. The first kappa shape index (κ1) is 27.2. The van der Waals surface area contributed by atoms with Crippen molar-refractivity contribution in [3.05, 3.63) is 53.6 Å². The van der Waals surface area contributed by atoms with Gasteiger partial charge in [-0.15, -0.1) is 0 Å². The molecule has 0 bridgehead atoms. The van der Waals surface area contributed by atoms with E-state index < -0.39 is 28.1 Å². The minimum absolute atomic E-state index is 0.138. The quantitative estimate of drug-likeness (QED) is 0.428. The van der Waals surface area contributed by atoms with Crippen LogP contribution in [0.25, 0.3) is 0 Å². The van der Waals surface area contributed by atoms with E-state index in [-0.39, 0.29) is 19.3 Å². The van der Waals surface area contributed by atoms with Gasteiger partial charge in [0.25, 0.3) is 10.2 Å². The topological polar surface area (TPSA) is 118 Å². The molecule has 0 radical (unpaired) electrons. The van der Waals surface area contributed by atoms with E-state index in [0.29, 0.717) is 36.9 Å². The second-order valence-electron chi connectivity index (χ2n) is 9.37. The summed E-state index contributed by atoms with van der Waals surface area (Å²) in [4.78, 5) is 14.7. The monoisotopic (exact) mass is 533 g/mol. The fourth-order valence-electron chi connectivity index (χ4n) is 5.07. The van der Waals surface area contributed by atoms with Gasteiger partial charge in [-0.1, -0.05) is 31.5 Å². The molecule has 1 saturated heterocycles. The van der Waals surface area contributed by atoms with Crippen molar-refractivity contribution in [1.82, 2.24) is 13.9 Å². The van der Waals surface area contributed by atoms with Crippen LogP contribution >= 0.6 is 0 Å². The molecule has 0 amide bonds. The molecule has 2 aromatic carbocycles. The predicted molar refractivity (Wildman–Crippen MR) is 138 cm³/mol. The highest BCUT2D eigenvalue weighted by Gasteiger charge is 2.47. The number of carboxylic acids is 1. The Morgan fingerprint density at radius 1 is 1.16 bits per heavy atom. The molecule has 3 unspecified atom stereocenters. The van der Waals surface area contributed by atoms with Gasteiger partial charge in [-0.3, -0.25) is 9.69 Å². The lowest BCUT2D eigenvalue weighted by atomic mass is 9.82. The number of rotatable bonds is 12. The third kappa shape index (κ3) is 6.01. The van der Waals surface area contributed by atoms with Gasteiger partial charge in [0, 0.05) is 45.2 Å². The SMILES string of the molecule is CCCCN(C)S(=O)(=O)NCCN1CC(c2ccc3c(c2)OCO3)C(C(=O)O)C1c1ccc(OC)cc1. The molecule has 2 aliphatic rings.